The summed E-state index contributed by atoms with van der Waals surface area (Å²) in [7, 11) is -4.23. The van der Waals surface area contributed by atoms with Gasteiger partial charge >= 0.3 is 14.0 Å². The number of ether oxygens (including phenoxy) is 4. The van der Waals surface area contributed by atoms with Crippen molar-refractivity contribution in [2.45, 2.75) is 50.4 Å². The number of anilines is 1. The lowest BCUT2D eigenvalue weighted by molar-refractivity contribution is -0.0926. The average Bonchev–Trinajstić information content (AvgIpc) is 3.52. The van der Waals surface area contributed by atoms with Gasteiger partial charge in [0, 0.05) is 18.1 Å². The van der Waals surface area contributed by atoms with Crippen molar-refractivity contribution in [2.24, 2.45) is 0 Å². The van der Waals surface area contributed by atoms with E-state index in [1.54, 1.807) is 13.8 Å². The van der Waals surface area contributed by atoms with E-state index in [0.29, 0.717) is 18.2 Å². The molecule has 3 aliphatic rings. The molecule has 1 aromatic carbocycles. The molecule has 0 amide bonds. The van der Waals surface area contributed by atoms with Crippen molar-refractivity contribution in [3.8, 4) is 5.88 Å². The number of hydrogen-bond donors (Lipinski definition) is 1. The van der Waals surface area contributed by atoms with Crippen molar-refractivity contribution >= 4 is 31.1 Å². The second kappa shape index (κ2) is 9.89. The molecule has 0 saturated carbocycles. The van der Waals surface area contributed by atoms with E-state index in [0.717, 1.165) is 6.07 Å². The zero-order valence-electron chi connectivity index (χ0n) is 21.2. The number of fused-ring (bicyclic) bond motifs is 2. The first-order valence-electron chi connectivity index (χ1n) is 12.3. The minimum absolute atomic E-state index is 0.0103. The number of nitrogens with two attached hydrogens (primary N) is 1. The van der Waals surface area contributed by atoms with Gasteiger partial charge in [-0.1, -0.05) is 6.07 Å². The standard InChI is InChI=1S/C23H24F2N5O9P/c1-3-33-19-16-18(28-21(26)29-19)30(10-27-16)20-23(2)17(37-22(31)38-23)15(36-20)9-35-40(32)34-7-6-14(39-40)12-5-4-11(24)8-13(12)25/h4-5,8,10,14-15,17,20H,3,6-7,9H2,1-2H3,(H2,26,28,29). The number of benzene rings is 1. The van der Waals surface area contributed by atoms with E-state index in [4.69, 9.17) is 38.3 Å². The number of rotatable bonds is 7. The molecule has 6 atom stereocenters. The molecule has 3 aliphatic heterocycles. The van der Waals surface area contributed by atoms with E-state index in [9.17, 15) is 18.1 Å². The minimum atomic E-state index is -4.23. The van der Waals surface area contributed by atoms with E-state index in [2.05, 4.69) is 15.0 Å². The van der Waals surface area contributed by atoms with Gasteiger partial charge in [0.25, 0.3) is 0 Å². The minimum Gasteiger partial charge on any atom is -0.476 e. The summed E-state index contributed by atoms with van der Waals surface area (Å²) in [6.07, 6.45) is -3.42. The summed E-state index contributed by atoms with van der Waals surface area (Å²) in [5, 5.41) is 0. The lowest BCUT2D eigenvalue weighted by Gasteiger charge is -2.30. The van der Waals surface area contributed by atoms with E-state index >= 15 is 0 Å². The molecule has 3 saturated heterocycles. The maximum atomic E-state index is 14.3. The number of aromatic nitrogens is 4. The van der Waals surface area contributed by atoms with Gasteiger partial charge in [0.2, 0.25) is 11.8 Å². The maximum Gasteiger partial charge on any atom is 0.509 e. The number of carbonyl (C=O) groups is 1. The zero-order chi connectivity index (χ0) is 28.2. The van der Waals surface area contributed by atoms with Crippen LogP contribution in [0, 0.1) is 11.6 Å². The van der Waals surface area contributed by atoms with Crippen LogP contribution in [-0.4, -0.2) is 63.3 Å². The van der Waals surface area contributed by atoms with Crippen molar-refractivity contribution in [3.63, 3.8) is 0 Å². The fraction of sp³-hybridized carbons (Fsp3) is 0.478. The molecule has 6 rings (SSSR count). The summed E-state index contributed by atoms with van der Waals surface area (Å²) >= 11 is 0. The first-order valence-corrected chi connectivity index (χ1v) is 13.8. The molecule has 0 aliphatic carbocycles. The fourth-order valence-corrected chi connectivity index (χ4v) is 6.38. The quantitative estimate of drug-likeness (QED) is 0.317. The number of phosphoric ester groups is 1. The molecule has 5 heterocycles. The monoisotopic (exact) mass is 583 g/mol. The molecule has 0 radical (unpaired) electrons. The second-order valence-corrected chi connectivity index (χ2v) is 11.0. The van der Waals surface area contributed by atoms with Gasteiger partial charge in [-0.05, 0) is 19.9 Å². The molecular formula is C23H24F2N5O9P. The highest BCUT2D eigenvalue weighted by Gasteiger charge is 2.64. The summed E-state index contributed by atoms with van der Waals surface area (Å²) in [6.45, 7) is 3.18. The van der Waals surface area contributed by atoms with Crippen molar-refractivity contribution < 1.29 is 50.7 Å². The van der Waals surface area contributed by atoms with Crippen LogP contribution in [0.15, 0.2) is 24.5 Å². The highest BCUT2D eigenvalue weighted by Crippen LogP contribution is 2.58. The third kappa shape index (κ3) is 4.55. The van der Waals surface area contributed by atoms with Crippen LogP contribution in [0.25, 0.3) is 11.2 Å². The van der Waals surface area contributed by atoms with Crippen LogP contribution in [0.3, 0.4) is 0 Å². The third-order valence-corrected chi connectivity index (χ3v) is 8.23. The number of nitrogens with zero attached hydrogens (tertiary/aromatic N) is 4. The maximum absolute atomic E-state index is 14.3. The average molecular weight is 583 g/mol. The van der Waals surface area contributed by atoms with Crippen molar-refractivity contribution in [1.29, 1.82) is 0 Å². The van der Waals surface area contributed by atoms with Gasteiger partial charge in [-0.2, -0.15) is 9.97 Å². The predicted molar refractivity (Wildman–Crippen MR) is 129 cm³/mol. The van der Waals surface area contributed by atoms with Crippen molar-refractivity contribution in [2.75, 3.05) is 25.6 Å². The van der Waals surface area contributed by atoms with Crippen LogP contribution in [-0.2, 0) is 32.3 Å². The third-order valence-electron chi connectivity index (χ3n) is 6.76. The molecule has 3 fully saturated rings. The Morgan fingerprint density at radius 3 is 2.90 bits per heavy atom. The Hall–Kier alpha value is -3.43. The number of imidazole rings is 1. The smallest absolute Gasteiger partial charge is 0.476 e. The van der Waals surface area contributed by atoms with Crippen LogP contribution in [0.2, 0.25) is 0 Å². The first kappa shape index (κ1) is 26.8. The lowest BCUT2D eigenvalue weighted by Crippen LogP contribution is -2.42. The summed E-state index contributed by atoms with van der Waals surface area (Å²) < 4.78 is 81.3. The SMILES string of the molecule is CCOc1nc(N)nc2c1ncn2C1OC(COP2(=O)OCCC(c3ccc(F)cc3F)O2)C2OC(=O)OC21C. The predicted octanol–water partition coefficient (Wildman–Crippen LogP) is 3.58. The fourth-order valence-electron chi connectivity index (χ4n) is 4.99. The van der Waals surface area contributed by atoms with Crippen LogP contribution in [0.1, 0.15) is 38.2 Å². The summed E-state index contributed by atoms with van der Waals surface area (Å²) in [4.78, 5) is 24.8. The Kier molecular flexibility index (Phi) is 6.62. The number of halogens is 2. The van der Waals surface area contributed by atoms with Gasteiger partial charge in [0.1, 0.15) is 17.7 Å². The van der Waals surface area contributed by atoms with Crippen LogP contribution in [0.5, 0.6) is 5.88 Å². The van der Waals surface area contributed by atoms with E-state index in [1.807, 2.05) is 0 Å². The van der Waals surface area contributed by atoms with Crippen LogP contribution in [0.4, 0.5) is 19.5 Å². The van der Waals surface area contributed by atoms with Gasteiger partial charge < -0.3 is 24.7 Å². The molecule has 3 aromatic rings. The molecule has 6 unspecified atom stereocenters. The Morgan fingerprint density at radius 1 is 1.30 bits per heavy atom. The number of hydrogen-bond acceptors (Lipinski definition) is 13. The molecule has 214 valence electrons. The van der Waals surface area contributed by atoms with Crippen molar-refractivity contribution in [1.82, 2.24) is 19.5 Å². The highest BCUT2D eigenvalue weighted by atomic mass is 31.2. The normalized spacial score (nSPS) is 31.6. The van der Waals surface area contributed by atoms with Gasteiger partial charge in [-0.15, -0.1) is 0 Å². The Bertz CT molecular complexity index is 1530. The number of carbonyl (C=O) groups excluding carboxylic acids is 1. The lowest BCUT2D eigenvalue weighted by atomic mass is 9.96. The molecular weight excluding hydrogens is 559 g/mol. The number of nitrogen functional groups attached to an aromatic ring is 1. The van der Waals surface area contributed by atoms with Gasteiger partial charge in [-0.25, -0.2) is 23.1 Å². The van der Waals surface area contributed by atoms with E-state index in [-0.39, 0.29) is 36.1 Å². The van der Waals surface area contributed by atoms with Gasteiger partial charge in [0.05, 0.1) is 32.3 Å². The molecule has 40 heavy (non-hydrogen) atoms. The Morgan fingerprint density at radius 2 is 2.12 bits per heavy atom. The number of phosphoric acid groups is 1. The second-order valence-electron chi connectivity index (χ2n) is 9.37. The van der Waals surface area contributed by atoms with Crippen LogP contribution >= 0.6 is 7.82 Å². The first-order chi connectivity index (χ1) is 19.1. The van der Waals surface area contributed by atoms with Crippen molar-refractivity contribution in [3.05, 3.63) is 41.7 Å². The Labute approximate surface area is 225 Å². The Balaban J connectivity index is 1.24. The molecule has 17 heteroatoms. The molecule has 14 nitrogen and oxygen atoms in total. The summed E-state index contributed by atoms with van der Waals surface area (Å²) in [6, 6.07) is 2.98. The van der Waals surface area contributed by atoms with Gasteiger partial charge in [0.15, 0.2) is 29.1 Å². The molecule has 0 spiro atoms. The van der Waals surface area contributed by atoms with E-state index in [1.165, 1.54) is 17.0 Å². The largest absolute Gasteiger partial charge is 0.509 e. The summed E-state index contributed by atoms with van der Waals surface area (Å²) in [5.41, 5.74) is 5.05. The molecule has 0 bridgehead atoms. The topological polar surface area (TPSA) is 168 Å². The zero-order valence-corrected chi connectivity index (χ0v) is 22.1. The molecule has 2 aromatic heterocycles. The van der Waals surface area contributed by atoms with E-state index < -0.39 is 62.4 Å². The highest BCUT2D eigenvalue weighted by molar-refractivity contribution is 7.48. The van der Waals surface area contributed by atoms with Gasteiger partial charge in [-0.3, -0.25) is 18.1 Å². The van der Waals surface area contributed by atoms with Crippen LogP contribution < -0.4 is 10.5 Å². The summed E-state index contributed by atoms with van der Waals surface area (Å²) in [5.74, 6) is -1.52. The molecule has 2 N–H and O–H groups in total.